The van der Waals surface area contributed by atoms with Crippen LogP contribution in [0.3, 0.4) is 0 Å². The molecular weight excluding hydrogens is 176 g/mol. The second-order valence-electron chi connectivity index (χ2n) is 4.44. The van der Waals surface area contributed by atoms with Crippen molar-refractivity contribution in [1.82, 2.24) is 10.2 Å². The lowest BCUT2D eigenvalue weighted by Gasteiger charge is -2.10. The number of nitrogens with one attached hydrogen (secondary N) is 1. The van der Waals surface area contributed by atoms with Gasteiger partial charge in [0.15, 0.2) is 0 Å². The molecule has 0 aliphatic heterocycles. The predicted molar refractivity (Wildman–Crippen MR) is 60.3 cm³/mol. The fourth-order valence-electron chi connectivity index (χ4n) is 1.18. The van der Waals surface area contributed by atoms with Crippen LogP contribution in [0, 0.1) is 5.92 Å². The Hall–Kier alpha value is -0.570. The highest BCUT2D eigenvalue weighted by Gasteiger charge is 2.01. The van der Waals surface area contributed by atoms with Gasteiger partial charge in [-0.05, 0) is 26.4 Å². The van der Waals surface area contributed by atoms with Crippen molar-refractivity contribution in [3.63, 3.8) is 0 Å². The molecule has 0 aromatic rings. The average molecular weight is 200 g/mol. The third-order valence-corrected chi connectivity index (χ3v) is 2.07. The fraction of sp³-hybridized carbons (Fsp3) is 0.909. The number of nitrogens with zero attached hydrogens (tertiary/aromatic N) is 1. The first-order chi connectivity index (χ1) is 6.52. The molecule has 3 nitrogen and oxygen atoms in total. The lowest BCUT2D eigenvalue weighted by Crippen LogP contribution is -2.31. The predicted octanol–water partition coefficient (Wildman–Crippen LogP) is 1.49. The summed E-state index contributed by atoms with van der Waals surface area (Å²) in [6.07, 6.45) is 2.82. The SMILES string of the molecule is CC(C)CCCC(=O)NCCN(C)C. The van der Waals surface area contributed by atoms with Crippen molar-refractivity contribution in [3.8, 4) is 0 Å². The van der Waals surface area contributed by atoms with Gasteiger partial charge in [-0.25, -0.2) is 0 Å². The molecule has 0 spiro atoms. The van der Waals surface area contributed by atoms with Gasteiger partial charge in [0, 0.05) is 19.5 Å². The van der Waals surface area contributed by atoms with Crippen molar-refractivity contribution in [2.45, 2.75) is 33.1 Å². The van der Waals surface area contributed by atoms with Gasteiger partial charge in [-0.1, -0.05) is 20.3 Å². The zero-order valence-corrected chi connectivity index (χ0v) is 9.97. The van der Waals surface area contributed by atoms with Gasteiger partial charge in [0.05, 0.1) is 0 Å². The van der Waals surface area contributed by atoms with Crippen molar-refractivity contribution in [2.24, 2.45) is 5.92 Å². The number of hydrogen-bond acceptors (Lipinski definition) is 2. The second-order valence-corrected chi connectivity index (χ2v) is 4.44. The van der Waals surface area contributed by atoms with E-state index >= 15 is 0 Å². The highest BCUT2D eigenvalue weighted by Crippen LogP contribution is 2.05. The highest BCUT2D eigenvalue weighted by molar-refractivity contribution is 5.75. The van der Waals surface area contributed by atoms with Crippen LogP contribution in [0.2, 0.25) is 0 Å². The quantitative estimate of drug-likeness (QED) is 0.675. The van der Waals surface area contributed by atoms with E-state index in [2.05, 4.69) is 24.1 Å². The van der Waals surface area contributed by atoms with Gasteiger partial charge < -0.3 is 10.2 Å². The van der Waals surface area contributed by atoms with Crippen LogP contribution in [0.5, 0.6) is 0 Å². The number of carbonyl (C=O) groups is 1. The highest BCUT2D eigenvalue weighted by atomic mass is 16.1. The molecule has 1 N–H and O–H groups in total. The summed E-state index contributed by atoms with van der Waals surface area (Å²) in [5.74, 6) is 0.886. The Labute approximate surface area is 87.9 Å². The van der Waals surface area contributed by atoms with E-state index in [0.29, 0.717) is 12.3 Å². The Balaban J connectivity index is 3.28. The summed E-state index contributed by atoms with van der Waals surface area (Å²) in [5.41, 5.74) is 0. The monoisotopic (exact) mass is 200 g/mol. The molecule has 0 aliphatic rings. The molecular formula is C11H24N2O. The van der Waals surface area contributed by atoms with Gasteiger partial charge in [-0.15, -0.1) is 0 Å². The van der Waals surface area contributed by atoms with Crippen LogP contribution in [-0.2, 0) is 4.79 Å². The van der Waals surface area contributed by atoms with Crippen LogP contribution < -0.4 is 5.32 Å². The zero-order valence-electron chi connectivity index (χ0n) is 9.97. The van der Waals surface area contributed by atoms with Crippen molar-refractivity contribution in [1.29, 1.82) is 0 Å². The summed E-state index contributed by atoms with van der Waals surface area (Å²) in [7, 11) is 4.01. The molecule has 0 aromatic heterocycles. The molecule has 0 radical (unpaired) electrons. The van der Waals surface area contributed by atoms with E-state index in [9.17, 15) is 4.79 Å². The maximum Gasteiger partial charge on any atom is 0.220 e. The lowest BCUT2D eigenvalue weighted by molar-refractivity contribution is -0.121. The van der Waals surface area contributed by atoms with E-state index in [1.165, 1.54) is 0 Å². The Morgan fingerprint density at radius 2 is 2.00 bits per heavy atom. The Morgan fingerprint density at radius 1 is 1.36 bits per heavy atom. The lowest BCUT2D eigenvalue weighted by atomic mass is 10.1. The summed E-state index contributed by atoms with van der Waals surface area (Å²) in [5, 5.41) is 2.91. The summed E-state index contributed by atoms with van der Waals surface area (Å²) in [6, 6.07) is 0. The first-order valence-electron chi connectivity index (χ1n) is 5.43. The molecule has 3 heteroatoms. The van der Waals surface area contributed by atoms with E-state index in [1.54, 1.807) is 0 Å². The minimum absolute atomic E-state index is 0.188. The molecule has 0 unspecified atom stereocenters. The van der Waals surface area contributed by atoms with E-state index in [-0.39, 0.29) is 5.91 Å². The Morgan fingerprint density at radius 3 is 2.50 bits per heavy atom. The van der Waals surface area contributed by atoms with Crippen LogP contribution in [-0.4, -0.2) is 38.0 Å². The summed E-state index contributed by atoms with van der Waals surface area (Å²) < 4.78 is 0. The topological polar surface area (TPSA) is 32.3 Å². The summed E-state index contributed by atoms with van der Waals surface area (Å²) in [6.45, 7) is 6.04. The maximum atomic E-state index is 11.3. The first-order valence-corrected chi connectivity index (χ1v) is 5.43. The number of likely N-dealkylation sites (N-methyl/N-ethyl adjacent to an activating group) is 1. The van der Waals surface area contributed by atoms with E-state index in [1.807, 2.05) is 14.1 Å². The minimum Gasteiger partial charge on any atom is -0.355 e. The molecule has 0 saturated carbocycles. The first kappa shape index (κ1) is 13.4. The normalized spacial score (nSPS) is 11.0. The van der Waals surface area contributed by atoms with Crippen LogP contribution in [0.1, 0.15) is 33.1 Å². The van der Waals surface area contributed by atoms with Crippen LogP contribution >= 0.6 is 0 Å². The van der Waals surface area contributed by atoms with Crippen LogP contribution in [0.25, 0.3) is 0 Å². The molecule has 84 valence electrons. The van der Waals surface area contributed by atoms with Gasteiger partial charge in [-0.3, -0.25) is 4.79 Å². The third-order valence-electron chi connectivity index (χ3n) is 2.07. The van der Waals surface area contributed by atoms with Crippen LogP contribution in [0.15, 0.2) is 0 Å². The summed E-state index contributed by atoms with van der Waals surface area (Å²) in [4.78, 5) is 13.3. The molecule has 0 saturated heterocycles. The Bertz CT molecular complexity index is 139. The average Bonchev–Trinajstić information content (AvgIpc) is 2.02. The molecule has 0 atom stereocenters. The van der Waals surface area contributed by atoms with E-state index in [0.717, 1.165) is 25.9 Å². The molecule has 0 fully saturated rings. The Kier molecular flexibility index (Phi) is 7.48. The largest absolute Gasteiger partial charge is 0.355 e. The zero-order chi connectivity index (χ0) is 11.0. The van der Waals surface area contributed by atoms with E-state index < -0.39 is 0 Å². The molecule has 0 aliphatic carbocycles. The van der Waals surface area contributed by atoms with Crippen molar-refractivity contribution >= 4 is 5.91 Å². The third kappa shape index (κ3) is 9.52. The molecule has 0 bridgehead atoms. The van der Waals surface area contributed by atoms with Crippen LogP contribution in [0.4, 0.5) is 0 Å². The number of rotatable bonds is 7. The fourth-order valence-corrected chi connectivity index (χ4v) is 1.18. The molecule has 0 aromatic carbocycles. The van der Waals surface area contributed by atoms with Gasteiger partial charge in [0.1, 0.15) is 0 Å². The van der Waals surface area contributed by atoms with E-state index in [4.69, 9.17) is 0 Å². The standard InChI is InChI=1S/C11H24N2O/c1-10(2)6-5-7-11(14)12-8-9-13(3)4/h10H,5-9H2,1-4H3,(H,12,14). The number of amides is 1. The van der Waals surface area contributed by atoms with Gasteiger partial charge >= 0.3 is 0 Å². The smallest absolute Gasteiger partial charge is 0.220 e. The molecule has 1 amide bonds. The second kappa shape index (κ2) is 7.80. The number of carbonyl (C=O) groups excluding carboxylic acids is 1. The van der Waals surface area contributed by atoms with Gasteiger partial charge in [0.25, 0.3) is 0 Å². The van der Waals surface area contributed by atoms with Crippen molar-refractivity contribution < 1.29 is 4.79 Å². The van der Waals surface area contributed by atoms with Gasteiger partial charge in [0.2, 0.25) is 5.91 Å². The number of hydrogen-bond donors (Lipinski definition) is 1. The maximum absolute atomic E-state index is 11.3. The minimum atomic E-state index is 0.188. The van der Waals surface area contributed by atoms with Crippen molar-refractivity contribution in [2.75, 3.05) is 27.2 Å². The van der Waals surface area contributed by atoms with Gasteiger partial charge in [-0.2, -0.15) is 0 Å². The summed E-state index contributed by atoms with van der Waals surface area (Å²) >= 11 is 0. The molecule has 0 heterocycles. The molecule has 0 rings (SSSR count). The van der Waals surface area contributed by atoms with Crippen molar-refractivity contribution in [3.05, 3.63) is 0 Å². The molecule has 14 heavy (non-hydrogen) atoms.